The summed E-state index contributed by atoms with van der Waals surface area (Å²) < 4.78 is 47.9. The molecule has 2 amide bonds. The Balaban J connectivity index is 2.05. The molecular formula is C29H34FN3O5S2. The summed E-state index contributed by atoms with van der Waals surface area (Å²) in [5.74, 6) is -0.845. The number of hydrogen-bond donors (Lipinski definition) is 1. The molecule has 3 rings (SSSR count). The van der Waals surface area contributed by atoms with E-state index in [4.69, 9.17) is 4.74 Å². The van der Waals surface area contributed by atoms with Crippen LogP contribution in [0.15, 0.2) is 82.6 Å². The van der Waals surface area contributed by atoms with E-state index in [-0.39, 0.29) is 23.0 Å². The summed E-state index contributed by atoms with van der Waals surface area (Å²) in [4.78, 5) is 28.9. The normalized spacial score (nSPS) is 11.9. The van der Waals surface area contributed by atoms with Crippen molar-refractivity contribution in [3.63, 3.8) is 0 Å². The van der Waals surface area contributed by atoms with E-state index in [1.807, 2.05) is 13.2 Å². The number of amides is 2. The van der Waals surface area contributed by atoms with Crippen LogP contribution in [0, 0.1) is 5.82 Å². The molecular weight excluding hydrogens is 553 g/mol. The Morgan fingerprint density at radius 3 is 2.12 bits per heavy atom. The monoisotopic (exact) mass is 587 g/mol. The van der Waals surface area contributed by atoms with Crippen molar-refractivity contribution in [1.29, 1.82) is 0 Å². The lowest BCUT2D eigenvalue weighted by Gasteiger charge is -2.33. The van der Waals surface area contributed by atoms with Gasteiger partial charge in [-0.05, 0) is 85.8 Å². The number of benzene rings is 3. The van der Waals surface area contributed by atoms with Gasteiger partial charge in [0.2, 0.25) is 11.8 Å². The molecule has 3 aromatic rings. The number of nitrogens with one attached hydrogen (secondary N) is 1. The molecule has 0 bridgehead atoms. The van der Waals surface area contributed by atoms with Crippen molar-refractivity contribution in [2.75, 3.05) is 30.8 Å². The molecule has 40 heavy (non-hydrogen) atoms. The molecule has 0 fully saturated rings. The van der Waals surface area contributed by atoms with E-state index in [9.17, 15) is 22.4 Å². The van der Waals surface area contributed by atoms with E-state index in [0.717, 1.165) is 9.20 Å². The number of carbonyl (C=O) groups excluding carboxylic acids is 2. The smallest absolute Gasteiger partial charge is 0.264 e. The number of ether oxygens (including phenoxy) is 1. The molecule has 0 aliphatic heterocycles. The SMILES string of the molecule is CCOc1ccc(N(CC(=O)N(Cc2ccc(F)cc2)[C@@H](CC)C(=O)NC)S(=O)(=O)c2ccc(SC)cc2)cc1. The van der Waals surface area contributed by atoms with Crippen molar-refractivity contribution >= 4 is 39.3 Å². The van der Waals surface area contributed by atoms with Gasteiger partial charge in [-0.25, -0.2) is 12.8 Å². The molecule has 0 aliphatic carbocycles. The Morgan fingerprint density at radius 2 is 1.60 bits per heavy atom. The van der Waals surface area contributed by atoms with Crippen molar-refractivity contribution < 1.29 is 27.1 Å². The van der Waals surface area contributed by atoms with Gasteiger partial charge in [-0.2, -0.15) is 0 Å². The van der Waals surface area contributed by atoms with Crippen LogP contribution in [0.4, 0.5) is 10.1 Å². The third kappa shape index (κ3) is 7.54. The van der Waals surface area contributed by atoms with Crippen LogP contribution in [0.5, 0.6) is 5.75 Å². The minimum absolute atomic E-state index is 0.00930. The molecule has 0 aromatic heterocycles. The van der Waals surface area contributed by atoms with Gasteiger partial charge in [-0.1, -0.05) is 19.1 Å². The molecule has 0 heterocycles. The summed E-state index contributed by atoms with van der Waals surface area (Å²) in [7, 11) is -2.71. The number of halogens is 1. The highest BCUT2D eigenvalue weighted by molar-refractivity contribution is 7.98. The molecule has 0 saturated carbocycles. The number of carbonyl (C=O) groups is 2. The Bertz CT molecular complexity index is 1380. The van der Waals surface area contributed by atoms with Crippen LogP contribution in [0.3, 0.4) is 0 Å². The fraction of sp³-hybridized carbons (Fsp3) is 0.310. The molecule has 3 aromatic carbocycles. The van der Waals surface area contributed by atoms with Crippen LogP contribution in [-0.2, 0) is 26.2 Å². The van der Waals surface area contributed by atoms with E-state index in [1.165, 1.54) is 60.1 Å². The first-order valence-electron chi connectivity index (χ1n) is 12.8. The van der Waals surface area contributed by atoms with Crippen LogP contribution >= 0.6 is 11.8 Å². The van der Waals surface area contributed by atoms with Crippen LogP contribution in [0.2, 0.25) is 0 Å². The molecule has 0 aliphatic rings. The van der Waals surface area contributed by atoms with E-state index in [1.54, 1.807) is 43.3 Å². The van der Waals surface area contributed by atoms with Crippen molar-refractivity contribution in [3.8, 4) is 5.75 Å². The predicted molar refractivity (Wildman–Crippen MR) is 155 cm³/mol. The van der Waals surface area contributed by atoms with Gasteiger partial charge in [-0.15, -0.1) is 11.8 Å². The van der Waals surface area contributed by atoms with Crippen LogP contribution in [0.25, 0.3) is 0 Å². The zero-order valence-corrected chi connectivity index (χ0v) is 24.6. The Morgan fingerprint density at radius 1 is 0.975 bits per heavy atom. The summed E-state index contributed by atoms with van der Waals surface area (Å²) in [6.45, 7) is 3.48. The van der Waals surface area contributed by atoms with Crippen LogP contribution in [0.1, 0.15) is 25.8 Å². The van der Waals surface area contributed by atoms with Crippen molar-refractivity contribution in [2.45, 2.75) is 42.6 Å². The summed E-state index contributed by atoms with van der Waals surface area (Å²) in [5, 5.41) is 2.58. The van der Waals surface area contributed by atoms with Gasteiger partial charge in [0.15, 0.2) is 0 Å². The second-order valence-corrected chi connectivity index (χ2v) is 11.5. The van der Waals surface area contributed by atoms with Gasteiger partial charge >= 0.3 is 0 Å². The zero-order valence-electron chi connectivity index (χ0n) is 23.0. The molecule has 11 heteroatoms. The second kappa shape index (κ2) is 14.2. The highest BCUT2D eigenvalue weighted by atomic mass is 32.2. The lowest BCUT2D eigenvalue weighted by Crippen LogP contribution is -2.51. The summed E-state index contributed by atoms with van der Waals surface area (Å²) in [5.41, 5.74) is 0.862. The van der Waals surface area contributed by atoms with Gasteiger partial charge in [0.05, 0.1) is 17.2 Å². The van der Waals surface area contributed by atoms with E-state index < -0.39 is 34.3 Å². The third-order valence-corrected chi connectivity index (χ3v) is 8.79. The first-order valence-corrected chi connectivity index (χ1v) is 15.5. The summed E-state index contributed by atoms with van der Waals surface area (Å²) in [6.07, 6.45) is 2.18. The topological polar surface area (TPSA) is 96.0 Å². The van der Waals surface area contributed by atoms with Crippen LogP contribution < -0.4 is 14.4 Å². The largest absolute Gasteiger partial charge is 0.494 e. The summed E-state index contributed by atoms with van der Waals surface area (Å²) in [6, 6.07) is 17.6. The zero-order chi connectivity index (χ0) is 29.3. The minimum Gasteiger partial charge on any atom is -0.494 e. The number of thioether (sulfide) groups is 1. The van der Waals surface area contributed by atoms with Gasteiger partial charge in [-0.3, -0.25) is 13.9 Å². The highest BCUT2D eigenvalue weighted by Gasteiger charge is 2.33. The summed E-state index contributed by atoms with van der Waals surface area (Å²) >= 11 is 1.48. The average molecular weight is 588 g/mol. The van der Waals surface area contributed by atoms with Gasteiger partial charge in [0.25, 0.3) is 10.0 Å². The lowest BCUT2D eigenvalue weighted by atomic mass is 10.1. The molecule has 214 valence electrons. The molecule has 1 atom stereocenters. The maximum atomic E-state index is 13.9. The predicted octanol–water partition coefficient (Wildman–Crippen LogP) is 4.70. The fourth-order valence-corrected chi connectivity index (χ4v) is 5.97. The maximum Gasteiger partial charge on any atom is 0.264 e. The quantitative estimate of drug-likeness (QED) is 0.292. The average Bonchev–Trinajstić information content (AvgIpc) is 2.97. The fourth-order valence-electron chi connectivity index (χ4n) is 4.15. The number of anilines is 1. The van der Waals surface area contributed by atoms with E-state index in [0.29, 0.717) is 24.3 Å². The van der Waals surface area contributed by atoms with Crippen molar-refractivity contribution in [3.05, 3.63) is 84.2 Å². The molecule has 0 unspecified atom stereocenters. The minimum atomic E-state index is -4.18. The van der Waals surface area contributed by atoms with Gasteiger partial charge < -0.3 is 15.0 Å². The number of likely N-dealkylation sites (N-methyl/N-ethyl adjacent to an activating group) is 1. The molecule has 8 nitrogen and oxygen atoms in total. The van der Waals surface area contributed by atoms with Gasteiger partial charge in [0, 0.05) is 18.5 Å². The molecule has 1 N–H and O–H groups in total. The number of sulfonamides is 1. The van der Waals surface area contributed by atoms with Crippen molar-refractivity contribution in [2.24, 2.45) is 0 Å². The van der Waals surface area contributed by atoms with Crippen molar-refractivity contribution in [1.82, 2.24) is 10.2 Å². The van der Waals surface area contributed by atoms with Crippen LogP contribution in [-0.4, -0.2) is 57.6 Å². The first-order chi connectivity index (χ1) is 19.1. The Labute approximate surface area is 239 Å². The molecule has 0 radical (unpaired) electrons. The van der Waals surface area contributed by atoms with Gasteiger partial charge in [0.1, 0.15) is 24.2 Å². The van der Waals surface area contributed by atoms with E-state index in [2.05, 4.69) is 5.32 Å². The lowest BCUT2D eigenvalue weighted by molar-refractivity contribution is -0.140. The molecule has 0 spiro atoms. The number of rotatable bonds is 13. The Kier molecular flexibility index (Phi) is 11.0. The number of nitrogens with zero attached hydrogens (tertiary/aromatic N) is 2. The highest BCUT2D eigenvalue weighted by Crippen LogP contribution is 2.28. The number of hydrogen-bond acceptors (Lipinski definition) is 6. The third-order valence-electron chi connectivity index (χ3n) is 6.26. The maximum absolute atomic E-state index is 13.9. The van der Waals surface area contributed by atoms with E-state index >= 15 is 0 Å². The first kappa shape index (κ1) is 31.0. The Hall–Kier alpha value is -3.57. The standard InChI is InChI=1S/C29H34FN3O5S2/c1-5-27(29(35)31-3)32(19-21-7-9-22(30)10-8-21)28(34)20-33(23-11-13-24(14-12-23)38-6-2)40(36,37)26-17-15-25(39-4)16-18-26/h7-18,27H,5-6,19-20H2,1-4H3,(H,31,35)/t27-/m0/s1. The molecule has 0 saturated heterocycles. The second-order valence-electron chi connectivity index (χ2n) is 8.80.